The Kier molecular flexibility index (Phi) is 3.57. The molecule has 4 heteroatoms. The highest BCUT2D eigenvalue weighted by Gasteiger charge is 2.29. The molecule has 18 heavy (non-hydrogen) atoms. The van der Waals surface area contributed by atoms with E-state index in [0.29, 0.717) is 37.2 Å². The quantitative estimate of drug-likeness (QED) is 0.867. The summed E-state index contributed by atoms with van der Waals surface area (Å²) in [5, 5.41) is 9.87. The summed E-state index contributed by atoms with van der Waals surface area (Å²) in [7, 11) is 1.59. The van der Waals surface area contributed by atoms with E-state index in [-0.39, 0.29) is 5.91 Å². The number of hydrogen-bond acceptors (Lipinski definition) is 3. The molecule has 1 N–H and O–H groups in total. The van der Waals surface area contributed by atoms with Crippen molar-refractivity contribution < 1.29 is 14.6 Å². The summed E-state index contributed by atoms with van der Waals surface area (Å²) in [6.45, 7) is 3.02. The van der Waals surface area contributed by atoms with Gasteiger partial charge in [-0.2, -0.15) is 0 Å². The second kappa shape index (κ2) is 4.98. The Bertz CT molecular complexity index is 432. The van der Waals surface area contributed by atoms with Crippen LogP contribution in [0.15, 0.2) is 24.3 Å². The number of piperidine rings is 1. The highest BCUT2D eigenvalue weighted by atomic mass is 16.5. The molecule has 0 unspecified atom stereocenters. The van der Waals surface area contributed by atoms with Gasteiger partial charge >= 0.3 is 0 Å². The minimum Gasteiger partial charge on any atom is -0.497 e. The lowest BCUT2D eigenvalue weighted by Gasteiger charge is -2.35. The maximum atomic E-state index is 12.3. The number of likely N-dealkylation sites (tertiary alicyclic amines) is 1. The number of amides is 1. The van der Waals surface area contributed by atoms with Crippen molar-refractivity contribution in [1.82, 2.24) is 4.90 Å². The summed E-state index contributed by atoms with van der Waals surface area (Å²) >= 11 is 0. The van der Waals surface area contributed by atoms with Crippen LogP contribution in [0.1, 0.15) is 30.1 Å². The predicted molar refractivity (Wildman–Crippen MR) is 68.8 cm³/mol. The van der Waals surface area contributed by atoms with Gasteiger partial charge in [-0.05, 0) is 38.0 Å². The zero-order chi connectivity index (χ0) is 13.2. The smallest absolute Gasteiger partial charge is 0.253 e. The van der Waals surface area contributed by atoms with E-state index in [1.54, 1.807) is 24.1 Å². The van der Waals surface area contributed by atoms with Crippen LogP contribution in [-0.4, -0.2) is 41.7 Å². The molecule has 0 aromatic heterocycles. The topological polar surface area (TPSA) is 49.8 Å². The third-order valence-electron chi connectivity index (χ3n) is 3.44. The Morgan fingerprint density at radius 1 is 1.39 bits per heavy atom. The van der Waals surface area contributed by atoms with Gasteiger partial charge in [0.1, 0.15) is 5.75 Å². The highest BCUT2D eigenvalue weighted by Crippen LogP contribution is 2.23. The van der Waals surface area contributed by atoms with Crippen LogP contribution in [0, 0.1) is 0 Å². The van der Waals surface area contributed by atoms with Gasteiger partial charge in [0.05, 0.1) is 12.7 Å². The number of carbonyl (C=O) groups excluding carboxylic acids is 1. The van der Waals surface area contributed by atoms with Gasteiger partial charge in [0, 0.05) is 18.7 Å². The molecule has 0 aliphatic carbocycles. The van der Waals surface area contributed by atoms with Gasteiger partial charge in [-0.15, -0.1) is 0 Å². The molecule has 0 bridgehead atoms. The number of nitrogens with zero attached hydrogens (tertiary/aromatic N) is 1. The molecule has 2 rings (SSSR count). The number of benzene rings is 1. The summed E-state index contributed by atoms with van der Waals surface area (Å²) in [6, 6.07) is 7.16. The number of carbonyl (C=O) groups is 1. The fraction of sp³-hybridized carbons (Fsp3) is 0.500. The third kappa shape index (κ3) is 2.82. The van der Waals surface area contributed by atoms with Crippen molar-refractivity contribution in [2.45, 2.75) is 25.4 Å². The third-order valence-corrected chi connectivity index (χ3v) is 3.44. The van der Waals surface area contributed by atoms with E-state index in [0.717, 1.165) is 0 Å². The van der Waals surface area contributed by atoms with Crippen LogP contribution in [-0.2, 0) is 0 Å². The van der Waals surface area contributed by atoms with Crippen LogP contribution >= 0.6 is 0 Å². The van der Waals surface area contributed by atoms with E-state index in [9.17, 15) is 9.90 Å². The van der Waals surface area contributed by atoms with E-state index in [1.165, 1.54) is 0 Å². The molecule has 1 aliphatic rings. The Balaban J connectivity index is 2.07. The van der Waals surface area contributed by atoms with Crippen molar-refractivity contribution >= 4 is 5.91 Å². The van der Waals surface area contributed by atoms with Crippen LogP contribution in [0.5, 0.6) is 5.75 Å². The van der Waals surface area contributed by atoms with Gasteiger partial charge < -0.3 is 14.7 Å². The molecular weight excluding hydrogens is 230 g/mol. The van der Waals surface area contributed by atoms with Gasteiger partial charge in [0.25, 0.3) is 5.91 Å². The minimum atomic E-state index is -0.634. The predicted octanol–water partition coefficient (Wildman–Crippen LogP) is 1.68. The monoisotopic (exact) mass is 249 g/mol. The van der Waals surface area contributed by atoms with E-state index < -0.39 is 5.60 Å². The van der Waals surface area contributed by atoms with Crippen LogP contribution in [0.3, 0.4) is 0 Å². The van der Waals surface area contributed by atoms with Crippen LogP contribution in [0.2, 0.25) is 0 Å². The molecule has 0 saturated carbocycles. The van der Waals surface area contributed by atoms with Gasteiger partial charge in [-0.25, -0.2) is 0 Å². The second-order valence-electron chi connectivity index (χ2n) is 5.02. The number of ether oxygens (including phenoxy) is 1. The summed E-state index contributed by atoms with van der Waals surface area (Å²) in [6.07, 6.45) is 1.26. The van der Waals surface area contributed by atoms with Crippen molar-refractivity contribution in [2.24, 2.45) is 0 Å². The Labute approximate surface area is 107 Å². The summed E-state index contributed by atoms with van der Waals surface area (Å²) in [4.78, 5) is 14.1. The molecule has 1 heterocycles. The lowest BCUT2D eigenvalue weighted by molar-refractivity contribution is -0.00203. The first-order valence-corrected chi connectivity index (χ1v) is 6.17. The van der Waals surface area contributed by atoms with Crippen molar-refractivity contribution in [3.05, 3.63) is 29.8 Å². The lowest BCUT2D eigenvalue weighted by Crippen LogP contribution is -2.45. The number of aliphatic hydroxyl groups is 1. The molecule has 98 valence electrons. The fourth-order valence-corrected chi connectivity index (χ4v) is 2.13. The first-order chi connectivity index (χ1) is 8.52. The van der Waals surface area contributed by atoms with E-state index in [1.807, 2.05) is 19.1 Å². The molecule has 1 fully saturated rings. The molecule has 0 radical (unpaired) electrons. The zero-order valence-electron chi connectivity index (χ0n) is 10.8. The fourth-order valence-electron chi connectivity index (χ4n) is 2.13. The molecule has 1 aromatic rings. The average molecular weight is 249 g/mol. The summed E-state index contributed by atoms with van der Waals surface area (Å²) in [5.41, 5.74) is 0.00131. The van der Waals surface area contributed by atoms with E-state index in [4.69, 9.17) is 4.74 Å². The highest BCUT2D eigenvalue weighted by molar-refractivity contribution is 5.94. The first kappa shape index (κ1) is 12.9. The van der Waals surface area contributed by atoms with Crippen molar-refractivity contribution in [1.29, 1.82) is 0 Å². The Morgan fingerprint density at radius 2 is 2.06 bits per heavy atom. The van der Waals surface area contributed by atoms with Gasteiger partial charge in [0.15, 0.2) is 0 Å². The van der Waals surface area contributed by atoms with Crippen LogP contribution in [0.25, 0.3) is 0 Å². The average Bonchev–Trinajstić information content (AvgIpc) is 2.38. The Morgan fingerprint density at radius 3 is 2.67 bits per heavy atom. The first-order valence-electron chi connectivity index (χ1n) is 6.17. The maximum absolute atomic E-state index is 12.3. The van der Waals surface area contributed by atoms with Gasteiger partial charge in [0.2, 0.25) is 0 Å². The van der Waals surface area contributed by atoms with E-state index in [2.05, 4.69) is 0 Å². The molecule has 1 aromatic carbocycles. The molecule has 0 atom stereocenters. The van der Waals surface area contributed by atoms with Crippen LogP contribution in [0.4, 0.5) is 0 Å². The number of hydrogen-bond donors (Lipinski definition) is 1. The molecule has 1 amide bonds. The molecule has 0 spiro atoms. The molecular formula is C14H19NO3. The SMILES string of the molecule is COc1cccc(C(=O)N2CCC(C)(O)CC2)c1. The number of methoxy groups -OCH3 is 1. The van der Waals surface area contributed by atoms with Gasteiger partial charge in [-0.1, -0.05) is 6.07 Å². The number of rotatable bonds is 2. The second-order valence-corrected chi connectivity index (χ2v) is 5.02. The zero-order valence-corrected chi connectivity index (χ0v) is 10.8. The summed E-state index contributed by atoms with van der Waals surface area (Å²) in [5.74, 6) is 0.689. The van der Waals surface area contributed by atoms with Crippen molar-refractivity contribution in [2.75, 3.05) is 20.2 Å². The largest absolute Gasteiger partial charge is 0.497 e. The Hall–Kier alpha value is -1.55. The van der Waals surface area contributed by atoms with E-state index >= 15 is 0 Å². The van der Waals surface area contributed by atoms with Crippen LogP contribution < -0.4 is 4.74 Å². The molecule has 1 saturated heterocycles. The standard InChI is InChI=1S/C14H19NO3/c1-14(17)6-8-15(9-7-14)13(16)11-4-3-5-12(10-11)18-2/h3-5,10,17H,6-9H2,1-2H3. The minimum absolute atomic E-state index is 0.00407. The molecule has 4 nitrogen and oxygen atoms in total. The van der Waals surface area contributed by atoms with Crippen molar-refractivity contribution in [3.8, 4) is 5.75 Å². The van der Waals surface area contributed by atoms with Gasteiger partial charge in [-0.3, -0.25) is 4.79 Å². The molecule has 1 aliphatic heterocycles. The normalized spacial score (nSPS) is 18.5. The maximum Gasteiger partial charge on any atom is 0.253 e. The lowest BCUT2D eigenvalue weighted by atomic mass is 9.93. The van der Waals surface area contributed by atoms with Crippen molar-refractivity contribution in [3.63, 3.8) is 0 Å². The summed E-state index contributed by atoms with van der Waals surface area (Å²) < 4.78 is 5.11.